The van der Waals surface area contributed by atoms with Gasteiger partial charge in [-0.15, -0.1) is 0 Å². The molecule has 10 heteroatoms. The maximum absolute atomic E-state index is 14.8. The SMILES string of the molecule is [B]c1ccc(NC(=O)c2cc(F)ccc2NC(=O)c2ccc(C(=N)N3CCCCC3)cc2F)nc1. The van der Waals surface area contributed by atoms with Gasteiger partial charge in [0.1, 0.15) is 31.1 Å². The number of halogens is 2. The second kappa shape index (κ2) is 10.5. The van der Waals surface area contributed by atoms with Crippen LogP contribution in [0.2, 0.25) is 0 Å². The molecule has 0 bridgehead atoms. The second-order valence-electron chi connectivity index (χ2n) is 8.17. The first kappa shape index (κ1) is 24.1. The lowest BCUT2D eigenvalue weighted by Crippen LogP contribution is -2.35. The summed E-state index contributed by atoms with van der Waals surface area (Å²) in [5.41, 5.74) is 0.338. The Kier molecular flexibility index (Phi) is 7.19. The van der Waals surface area contributed by atoms with Crippen LogP contribution in [0.1, 0.15) is 45.5 Å². The molecule has 1 aliphatic rings. The number of nitrogens with one attached hydrogen (secondary N) is 3. The molecule has 0 atom stereocenters. The van der Waals surface area contributed by atoms with Gasteiger partial charge in [-0.2, -0.15) is 0 Å². The molecule has 2 radical (unpaired) electrons. The predicted octanol–water partition coefficient (Wildman–Crippen LogP) is 3.47. The maximum Gasteiger partial charge on any atom is 0.259 e. The van der Waals surface area contributed by atoms with Gasteiger partial charge in [0.15, 0.2) is 0 Å². The van der Waals surface area contributed by atoms with Crippen molar-refractivity contribution in [3.05, 3.63) is 83.1 Å². The number of aromatic nitrogens is 1. The highest BCUT2D eigenvalue weighted by Gasteiger charge is 2.20. The summed E-state index contributed by atoms with van der Waals surface area (Å²) >= 11 is 0. The zero-order chi connectivity index (χ0) is 24.9. The van der Waals surface area contributed by atoms with Gasteiger partial charge in [-0.3, -0.25) is 15.0 Å². The number of amidine groups is 1. The molecule has 4 rings (SSSR count). The van der Waals surface area contributed by atoms with Crippen LogP contribution >= 0.6 is 0 Å². The lowest BCUT2D eigenvalue weighted by molar-refractivity contribution is 0.102. The molecule has 3 aromatic rings. The van der Waals surface area contributed by atoms with Crippen LogP contribution in [-0.4, -0.2) is 48.5 Å². The van der Waals surface area contributed by atoms with Gasteiger partial charge in [0.25, 0.3) is 11.8 Å². The molecule has 0 spiro atoms. The van der Waals surface area contributed by atoms with E-state index < -0.39 is 23.4 Å². The maximum atomic E-state index is 14.8. The van der Waals surface area contributed by atoms with Crippen LogP contribution in [0.4, 0.5) is 20.3 Å². The number of piperidine rings is 1. The summed E-state index contributed by atoms with van der Waals surface area (Å²) in [4.78, 5) is 31.4. The molecule has 2 amide bonds. The molecule has 3 N–H and O–H groups in total. The van der Waals surface area contributed by atoms with E-state index in [1.807, 2.05) is 4.90 Å². The van der Waals surface area contributed by atoms with Crippen molar-refractivity contribution in [1.82, 2.24) is 9.88 Å². The Hall–Kier alpha value is -4.08. The Morgan fingerprint density at radius 2 is 1.66 bits per heavy atom. The van der Waals surface area contributed by atoms with Gasteiger partial charge in [0, 0.05) is 24.8 Å². The Bertz CT molecular complexity index is 1280. The van der Waals surface area contributed by atoms with E-state index in [0.717, 1.165) is 50.6 Å². The number of benzene rings is 2. The third kappa shape index (κ3) is 5.71. The normalized spacial score (nSPS) is 13.3. The summed E-state index contributed by atoms with van der Waals surface area (Å²) in [5.74, 6) is -2.63. The molecule has 7 nitrogen and oxygen atoms in total. The molecule has 1 fully saturated rings. The van der Waals surface area contributed by atoms with Crippen molar-refractivity contribution in [1.29, 1.82) is 5.41 Å². The molecule has 1 aliphatic heterocycles. The van der Waals surface area contributed by atoms with Gasteiger partial charge in [-0.05, 0) is 55.7 Å². The number of anilines is 2. The van der Waals surface area contributed by atoms with Crippen LogP contribution in [0, 0.1) is 17.0 Å². The van der Waals surface area contributed by atoms with Crippen LogP contribution < -0.4 is 16.1 Å². The molecule has 1 aromatic heterocycles. The van der Waals surface area contributed by atoms with Crippen molar-refractivity contribution in [3.8, 4) is 0 Å². The van der Waals surface area contributed by atoms with E-state index in [0.29, 0.717) is 11.0 Å². The monoisotopic (exact) mass is 473 g/mol. The first-order valence-corrected chi connectivity index (χ1v) is 11.1. The lowest BCUT2D eigenvalue weighted by Gasteiger charge is -2.29. The number of carbonyl (C=O) groups is 2. The number of carbonyl (C=O) groups excluding carboxylic acids is 2. The van der Waals surface area contributed by atoms with Crippen molar-refractivity contribution in [3.63, 3.8) is 0 Å². The number of pyridine rings is 1. The second-order valence-corrected chi connectivity index (χ2v) is 8.17. The molecule has 0 unspecified atom stereocenters. The van der Waals surface area contributed by atoms with Gasteiger partial charge in [-0.25, -0.2) is 13.8 Å². The van der Waals surface area contributed by atoms with Gasteiger partial charge < -0.3 is 15.5 Å². The fourth-order valence-electron chi connectivity index (χ4n) is 3.81. The smallest absolute Gasteiger partial charge is 0.259 e. The highest BCUT2D eigenvalue weighted by molar-refractivity contribution is 6.32. The average Bonchev–Trinajstić information content (AvgIpc) is 2.86. The van der Waals surface area contributed by atoms with Gasteiger partial charge in [-0.1, -0.05) is 17.6 Å². The van der Waals surface area contributed by atoms with E-state index in [2.05, 4.69) is 15.6 Å². The van der Waals surface area contributed by atoms with Crippen molar-refractivity contribution in [2.75, 3.05) is 23.7 Å². The number of likely N-dealkylation sites (tertiary alicyclic amines) is 1. The Labute approximate surface area is 202 Å². The highest BCUT2D eigenvalue weighted by atomic mass is 19.1. The number of rotatable bonds is 5. The number of nitrogens with zero attached hydrogens (tertiary/aromatic N) is 2. The lowest BCUT2D eigenvalue weighted by atomic mass is 9.99. The van der Waals surface area contributed by atoms with E-state index in [4.69, 9.17) is 13.3 Å². The van der Waals surface area contributed by atoms with Crippen LogP contribution in [0.3, 0.4) is 0 Å². The van der Waals surface area contributed by atoms with Crippen molar-refractivity contribution >= 4 is 42.5 Å². The zero-order valence-electron chi connectivity index (χ0n) is 18.8. The summed E-state index contributed by atoms with van der Waals surface area (Å²) < 4.78 is 28.7. The summed E-state index contributed by atoms with van der Waals surface area (Å²) in [6, 6.07) is 10.2. The fourth-order valence-corrected chi connectivity index (χ4v) is 3.81. The first-order chi connectivity index (χ1) is 16.8. The molecule has 2 heterocycles. The minimum atomic E-state index is -0.815. The quantitative estimate of drug-likeness (QED) is 0.300. The summed E-state index contributed by atoms with van der Waals surface area (Å²) in [6.45, 7) is 1.48. The predicted molar refractivity (Wildman–Crippen MR) is 131 cm³/mol. The number of hydrogen-bond donors (Lipinski definition) is 3. The van der Waals surface area contributed by atoms with Crippen LogP contribution in [0.5, 0.6) is 0 Å². The van der Waals surface area contributed by atoms with Gasteiger partial charge in [0.2, 0.25) is 0 Å². The zero-order valence-corrected chi connectivity index (χ0v) is 18.8. The van der Waals surface area contributed by atoms with E-state index in [9.17, 15) is 18.4 Å². The van der Waals surface area contributed by atoms with Crippen molar-refractivity contribution in [2.24, 2.45) is 0 Å². The van der Waals surface area contributed by atoms with E-state index in [1.165, 1.54) is 36.5 Å². The fraction of sp³-hybridized carbons (Fsp3) is 0.200. The van der Waals surface area contributed by atoms with E-state index >= 15 is 0 Å². The molecular formula is C25H22BF2N5O2. The highest BCUT2D eigenvalue weighted by Crippen LogP contribution is 2.21. The van der Waals surface area contributed by atoms with Crippen LogP contribution in [-0.2, 0) is 0 Å². The topological polar surface area (TPSA) is 98.2 Å². The average molecular weight is 473 g/mol. The van der Waals surface area contributed by atoms with E-state index in [-0.39, 0.29) is 28.5 Å². The molecular weight excluding hydrogens is 451 g/mol. The largest absolute Gasteiger partial charge is 0.357 e. The Balaban J connectivity index is 1.52. The summed E-state index contributed by atoms with van der Waals surface area (Å²) in [7, 11) is 5.58. The standard InChI is InChI=1S/C25H22BF2N5O2/c26-16-5-9-22(30-14-16)32-25(35)19-13-17(27)6-8-21(19)31-24(34)18-7-4-15(12-20(18)28)23(29)33-10-2-1-3-11-33/h4-9,12-14,29H,1-3,10-11H2,(H,31,34)(H,30,32,35). The third-order valence-electron chi connectivity index (χ3n) is 5.66. The first-order valence-electron chi connectivity index (χ1n) is 11.1. The number of amides is 2. The van der Waals surface area contributed by atoms with Crippen molar-refractivity contribution < 1.29 is 18.4 Å². The van der Waals surface area contributed by atoms with Gasteiger partial charge in [0.05, 0.1) is 16.8 Å². The summed E-state index contributed by atoms with van der Waals surface area (Å²) in [5, 5.41) is 13.3. The minimum absolute atomic E-state index is 0.00567. The van der Waals surface area contributed by atoms with E-state index in [1.54, 1.807) is 0 Å². The molecule has 1 saturated heterocycles. The van der Waals surface area contributed by atoms with Crippen LogP contribution in [0.25, 0.3) is 0 Å². The molecule has 0 aliphatic carbocycles. The Morgan fingerprint density at radius 3 is 2.34 bits per heavy atom. The molecule has 2 aromatic carbocycles. The van der Waals surface area contributed by atoms with Crippen LogP contribution in [0.15, 0.2) is 54.7 Å². The van der Waals surface area contributed by atoms with Gasteiger partial charge >= 0.3 is 0 Å². The molecule has 176 valence electrons. The van der Waals surface area contributed by atoms with Crippen molar-refractivity contribution in [2.45, 2.75) is 19.3 Å². The summed E-state index contributed by atoms with van der Waals surface area (Å²) in [6.07, 6.45) is 4.42. The molecule has 35 heavy (non-hydrogen) atoms. The third-order valence-corrected chi connectivity index (χ3v) is 5.66. The molecule has 0 saturated carbocycles. The Morgan fingerprint density at radius 1 is 0.914 bits per heavy atom. The number of hydrogen-bond acceptors (Lipinski definition) is 4. The minimum Gasteiger partial charge on any atom is -0.357 e.